The fourth-order valence-electron chi connectivity index (χ4n) is 2.69. The number of benzene rings is 1. The van der Waals surface area contributed by atoms with E-state index in [0.717, 1.165) is 10.4 Å². The van der Waals surface area contributed by atoms with Gasteiger partial charge in [-0.2, -0.15) is 0 Å². The summed E-state index contributed by atoms with van der Waals surface area (Å²) in [5, 5.41) is 3.38. The van der Waals surface area contributed by atoms with E-state index >= 15 is 0 Å². The van der Waals surface area contributed by atoms with Gasteiger partial charge in [0.1, 0.15) is 5.82 Å². The van der Waals surface area contributed by atoms with Gasteiger partial charge in [0.15, 0.2) is 0 Å². The topological polar surface area (TPSA) is 17.0 Å². The molecule has 3 rings (SSSR count). The summed E-state index contributed by atoms with van der Waals surface area (Å²) in [7, 11) is 2.01. The van der Waals surface area contributed by atoms with Gasteiger partial charge in [0.2, 0.25) is 0 Å². The second kappa shape index (κ2) is 5.70. The van der Waals surface area contributed by atoms with E-state index in [1.54, 1.807) is 0 Å². The van der Waals surface area contributed by atoms with Gasteiger partial charge in [0, 0.05) is 35.0 Å². The van der Waals surface area contributed by atoms with Crippen LogP contribution in [0.5, 0.6) is 0 Å². The van der Waals surface area contributed by atoms with Crippen LogP contribution in [0.15, 0.2) is 41.1 Å². The summed E-state index contributed by atoms with van der Waals surface area (Å²) >= 11 is 3.28. The second-order valence-electron chi connectivity index (χ2n) is 5.46. The van der Waals surface area contributed by atoms with Crippen molar-refractivity contribution in [2.75, 3.05) is 7.05 Å². The molecule has 106 valence electrons. The van der Waals surface area contributed by atoms with Gasteiger partial charge in [0.05, 0.1) is 0 Å². The molecule has 1 aliphatic carbocycles. The molecule has 0 radical (unpaired) electrons. The molecule has 1 heterocycles. The maximum absolute atomic E-state index is 13.9. The van der Waals surface area contributed by atoms with Crippen LogP contribution in [0.4, 0.5) is 4.39 Å². The molecule has 1 aliphatic rings. The van der Waals surface area contributed by atoms with Gasteiger partial charge in [-0.15, -0.1) is 0 Å². The molecule has 0 saturated heterocycles. The summed E-state index contributed by atoms with van der Waals surface area (Å²) in [4.78, 5) is 0. The average molecular weight is 337 g/mol. The van der Waals surface area contributed by atoms with E-state index in [4.69, 9.17) is 0 Å². The second-order valence-corrected chi connectivity index (χ2v) is 6.37. The van der Waals surface area contributed by atoms with Gasteiger partial charge < -0.3 is 9.88 Å². The van der Waals surface area contributed by atoms with E-state index in [9.17, 15) is 4.39 Å². The smallest absolute Gasteiger partial charge is 0.129 e. The maximum Gasteiger partial charge on any atom is 0.129 e. The van der Waals surface area contributed by atoms with Crippen LogP contribution in [0, 0.1) is 11.7 Å². The first-order chi connectivity index (χ1) is 9.67. The predicted molar refractivity (Wildman–Crippen MR) is 82.2 cm³/mol. The Kier molecular flexibility index (Phi) is 3.94. The van der Waals surface area contributed by atoms with Crippen molar-refractivity contribution in [1.29, 1.82) is 0 Å². The number of nitrogens with one attached hydrogen (secondary N) is 1. The molecule has 1 fully saturated rings. The molecule has 1 N–H and O–H groups in total. The molecule has 2 nitrogen and oxygen atoms in total. The molecule has 20 heavy (non-hydrogen) atoms. The Morgan fingerprint density at radius 1 is 1.40 bits per heavy atom. The van der Waals surface area contributed by atoms with E-state index in [1.807, 2.05) is 29.9 Å². The number of nitrogens with zero attached hydrogens (tertiary/aromatic N) is 1. The third-order valence-corrected chi connectivity index (χ3v) is 4.40. The van der Waals surface area contributed by atoms with Gasteiger partial charge in [-0.05, 0) is 49.6 Å². The highest BCUT2D eigenvalue weighted by Crippen LogP contribution is 2.40. The summed E-state index contributed by atoms with van der Waals surface area (Å²) in [6.07, 6.45) is 6.76. The highest BCUT2D eigenvalue weighted by Gasteiger charge is 2.31. The molecular formula is C16H18BrFN2. The molecule has 1 aromatic heterocycles. The number of halogens is 2. The number of hydrogen-bond acceptors (Lipinski definition) is 1. The van der Waals surface area contributed by atoms with Crippen molar-refractivity contribution in [2.24, 2.45) is 5.92 Å². The standard InChI is InChI=1S/C16H18BrFN2/c1-19-16(11-2-3-11)13-6-7-20(10-13)9-12-4-5-14(17)8-15(12)18/h4-8,10-11,16,19H,2-3,9H2,1H3. The van der Waals surface area contributed by atoms with E-state index in [1.165, 1.54) is 24.5 Å². The Balaban J connectivity index is 1.76. The molecule has 0 amide bonds. The van der Waals surface area contributed by atoms with Crippen LogP contribution in [0.1, 0.15) is 30.0 Å². The Morgan fingerprint density at radius 3 is 2.85 bits per heavy atom. The largest absolute Gasteiger partial charge is 0.349 e. The first kappa shape index (κ1) is 13.8. The first-order valence-corrected chi connectivity index (χ1v) is 7.73. The van der Waals surface area contributed by atoms with Crippen molar-refractivity contribution >= 4 is 15.9 Å². The Bertz CT molecular complexity index is 604. The lowest BCUT2D eigenvalue weighted by atomic mass is 10.1. The van der Waals surface area contributed by atoms with Crippen molar-refractivity contribution in [3.63, 3.8) is 0 Å². The zero-order valence-electron chi connectivity index (χ0n) is 11.4. The number of hydrogen-bond donors (Lipinski definition) is 1. The Morgan fingerprint density at radius 2 is 2.20 bits per heavy atom. The van der Waals surface area contributed by atoms with E-state index in [-0.39, 0.29) is 5.82 Å². The number of aromatic nitrogens is 1. The quantitative estimate of drug-likeness (QED) is 0.869. The predicted octanol–water partition coefficient (Wildman–Crippen LogP) is 4.11. The van der Waals surface area contributed by atoms with Crippen LogP contribution in [-0.4, -0.2) is 11.6 Å². The summed E-state index contributed by atoms with van der Waals surface area (Å²) in [6.45, 7) is 0.570. The monoisotopic (exact) mass is 336 g/mol. The van der Waals surface area contributed by atoms with Crippen molar-refractivity contribution in [1.82, 2.24) is 9.88 Å². The van der Waals surface area contributed by atoms with Crippen molar-refractivity contribution in [3.05, 3.63) is 58.1 Å². The van der Waals surface area contributed by atoms with Gasteiger partial charge in [-0.1, -0.05) is 22.0 Å². The fourth-order valence-corrected chi connectivity index (χ4v) is 3.03. The highest BCUT2D eigenvalue weighted by molar-refractivity contribution is 9.10. The van der Waals surface area contributed by atoms with Gasteiger partial charge in [-0.25, -0.2) is 4.39 Å². The van der Waals surface area contributed by atoms with Crippen LogP contribution >= 0.6 is 15.9 Å². The lowest BCUT2D eigenvalue weighted by Gasteiger charge is -2.13. The van der Waals surface area contributed by atoms with Crippen molar-refractivity contribution in [2.45, 2.75) is 25.4 Å². The van der Waals surface area contributed by atoms with Crippen LogP contribution in [0.2, 0.25) is 0 Å². The minimum absolute atomic E-state index is 0.165. The van der Waals surface area contributed by atoms with Gasteiger partial charge in [-0.3, -0.25) is 0 Å². The third kappa shape index (κ3) is 2.96. The van der Waals surface area contributed by atoms with Gasteiger partial charge in [0.25, 0.3) is 0 Å². The first-order valence-electron chi connectivity index (χ1n) is 6.94. The fraction of sp³-hybridized carbons (Fsp3) is 0.375. The maximum atomic E-state index is 13.9. The van der Waals surface area contributed by atoms with Crippen LogP contribution in [0.3, 0.4) is 0 Å². The normalized spacial score (nSPS) is 16.4. The zero-order valence-corrected chi connectivity index (χ0v) is 13.0. The summed E-state index contributed by atoms with van der Waals surface area (Å²) in [5.74, 6) is 0.599. The van der Waals surface area contributed by atoms with Crippen molar-refractivity contribution in [3.8, 4) is 0 Å². The third-order valence-electron chi connectivity index (χ3n) is 3.90. The minimum Gasteiger partial charge on any atom is -0.349 e. The minimum atomic E-state index is -0.165. The molecule has 1 aromatic carbocycles. The Labute approximate surface area is 127 Å². The summed E-state index contributed by atoms with van der Waals surface area (Å²) in [6, 6.07) is 7.79. The lowest BCUT2D eigenvalue weighted by molar-refractivity contribution is 0.527. The van der Waals surface area contributed by atoms with Gasteiger partial charge >= 0.3 is 0 Å². The molecule has 0 bridgehead atoms. The molecule has 1 atom stereocenters. The van der Waals surface area contributed by atoms with E-state index in [0.29, 0.717) is 18.2 Å². The average Bonchev–Trinajstić information content (AvgIpc) is 3.14. The number of rotatable bonds is 5. The van der Waals surface area contributed by atoms with E-state index in [2.05, 4.69) is 33.5 Å². The molecule has 1 saturated carbocycles. The SMILES string of the molecule is CNC(c1ccn(Cc2ccc(Br)cc2F)c1)C1CC1. The molecule has 1 unspecified atom stereocenters. The summed E-state index contributed by atoms with van der Waals surface area (Å²) < 4.78 is 16.7. The Hall–Kier alpha value is -1.13. The molecule has 0 aliphatic heterocycles. The van der Waals surface area contributed by atoms with Crippen LogP contribution < -0.4 is 5.32 Å². The van der Waals surface area contributed by atoms with Crippen molar-refractivity contribution < 1.29 is 4.39 Å². The molecule has 0 spiro atoms. The molecular weight excluding hydrogens is 319 g/mol. The highest BCUT2D eigenvalue weighted by atomic mass is 79.9. The zero-order chi connectivity index (χ0) is 14.1. The molecule has 4 heteroatoms. The van der Waals surface area contributed by atoms with E-state index < -0.39 is 0 Å². The molecule has 2 aromatic rings. The summed E-state index contributed by atoms with van der Waals surface area (Å²) in [5.41, 5.74) is 2.01. The van der Waals surface area contributed by atoms with Crippen LogP contribution in [0.25, 0.3) is 0 Å². The lowest BCUT2D eigenvalue weighted by Crippen LogP contribution is -2.17. The van der Waals surface area contributed by atoms with Crippen LogP contribution in [-0.2, 0) is 6.54 Å².